The minimum absolute atomic E-state index is 0.167. The summed E-state index contributed by atoms with van der Waals surface area (Å²) in [5.74, 6) is 0. The van der Waals surface area contributed by atoms with E-state index in [-0.39, 0.29) is 6.04 Å². The second kappa shape index (κ2) is 8.30. The van der Waals surface area contributed by atoms with Gasteiger partial charge in [-0.2, -0.15) is 0 Å². The van der Waals surface area contributed by atoms with Crippen LogP contribution in [-0.4, -0.2) is 46.3 Å². The third-order valence-corrected chi connectivity index (χ3v) is 3.40. The van der Waals surface area contributed by atoms with Crippen LogP contribution in [0.1, 0.15) is 17.3 Å². The number of anilines is 1. The molecule has 1 aromatic rings. The number of carbonyl (C=O) groups excluding carboxylic acids is 1. The molecule has 0 fully saturated rings. The van der Waals surface area contributed by atoms with Gasteiger partial charge < -0.3 is 14.4 Å². The Kier molecular flexibility index (Phi) is 7.05. The fourth-order valence-electron chi connectivity index (χ4n) is 1.98. The fourth-order valence-corrected chi connectivity index (χ4v) is 2.36. The highest BCUT2D eigenvalue weighted by Gasteiger charge is 2.17. The normalized spacial score (nSPS) is 12.2. The zero-order valence-corrected chi connectivity index (χ0v) is 13.1. The highest BCUT2D eigenvalue weighted by Crippen LogP contribution is 2.25. The van der Waals surface area contributed by atoms with Gasteiger partial charge in [-0.05, 0) is 25.1 Å². The first-order valence-electron chi connectivity index (χ1n) is 6.13. The zero-order chi connectivity index (χ0) is 14.3. The van der Waals surface area contributed by atoms with Crippen molar-refractivity contribution >= 4 is 27.9 Å². The molecule has 0 saturated carbocycles. The van der Waals surface area contributed by atoms with Gasteiger partial charge in [0.15, 0.2) is 6.29 Å². The smallest absolute Gasteiger partial charge is 0.152 e. The van der Waals surface area contributed by atoms with Crippen LogP contribution in [0.3, 0.4) is 0 Å². The Morgan fingerprint density at radius 3 is 2.68 bits per heavy atom. The summed E-state index contributed by atoms with van der Waals surface area (Å²) in [7, 11) is 3.34. The number of benzene rings is 1. The molecule has 1 aromatic carbocycles. The van der Waals surface area contributed by atoms with Crippen LogP contribution in [0.25, 0.3) is 0 Å². The maximum atomic E-state index is 11.2. The lowest BCUT2D eigenvalue weighted by Gasteiger charge is -2.31. The molecule has 106 valence electrons. The zero-order valence-electron chi connectivity index (χ0n) is 11.6. The molecule has 0 bridgehead atoms. The van der Waals surface area contributed by atoms with Crippen LogP contribution in [0.4, 0.5) is 5.69 Å². The van der Waals surface area contributed by atoms with E-state index < -0.39 is 0 Å². The molecule has 1 unspecified atom stereocenters. The SMILES string of the molecule is COCCN(c1ccc(Br)cc1C=O)C(C)COC. The Morgan fingerprint density at radius 2 is 2.11 bits per heavy atom. The predicted octanol–water partition coefficient (Wildman–Crippen LogP) is 2.75. The number of ether oxygens (including phenoxy) is 2. The molecule has 4 nitrogen and oxygen atoms in total. The monoisotopic (exact) mass is 329 g/mol. The third-order valence-electron chi connectivity index (χ3n) is 2.90. The quantitative estimate of drug-likeness (QED) is 0.687. The van der Waals surface area contributed by atoms with Crippen molar-refractivity contribution in [1.82, 2.24) is 0 Å². The molecule has 1 rings (SSSR count). The number of hydrogen-bond donors (Lipinski definition) is 0. The molecule has 0 radical (unpaired) electrons. The van der Waals surface area contributed by atoms with E-state index >= 15 is 0 Å². The highest BCUT2D eigenvalue weighted by atomic mass is 79.9. The maximum Gasteiger partial charge on any atom is 0.152 e. The lowest BCUT2D eigenvalue weighted by atomic mass is 10.1. The van der Waals surface area contributed by atoms with Crippen molar-refractivity contribution in [3.63, 3.8) is 0 Å². The van der Waals surface area contributed by atoms with Gasteiger partial charge >= 0.3 is 0 Å². The predicted molar refractivity (Wildman–Crippen MR) is 80.1 cm³/mol. The van der Waals surface area contributed by atoms with Crippen LogP contribution in [0.2, 0.25) is 0 Å². The first-order chi connectivity index (χ1) is 9.13. The fraction of sp³-hybridized carbons (Fsp3) is 0.500. The average Bonchev–Trinajstić information content (AvgIpc) is 2.40. The summed E-state index contributed by atoms with van der Waals surface area (Å²) in [6, 6.07) is 5.86. The Bertz CT molecular complexity index is 412. The third kappa shape index (κ3) is 4.60. The second-order valence-electron chi connectivity index (χ2n) is 4.31. The Hall–Kier alpha value is -0.910. The molecule has 0 aliphatic carbocycles. The lowest BCUT2D eigenvalue weighted by molar-refractivity contribution is 0.112. The van der Waals surface area contributed by atoms with Crippen LogP contribution in [-0.2, 0) is 9.47 Å². The molecule has 0 amide bonds. The molecule has 0 spiro atoms. The average molecular weight is 330 g/mol. The second-order valence-corrected chi connectivity index (χ2v) is 5.23. The first kappa shape index (κ1) is 16.1. The molecule has 1 atom stereocenters. The Morgan fingerprint density at radius 1 is 1.37 bits per heavy atom. The molecule has 0 N–H and O–H groups in total. The molecule has 0 aliphatic heterocycles. The Labute approximate surface area is 122 Å². The van der Waals surface area contributed by atoms with Crippen molar-refractivity contribution in [2.75, 3.05) is 38.9 Å². The summed E-state index contributed by atoms with van der Waals surface area (Å²) in [5, 5.41) is 0. The van der Waals surface area contributed by atoms with Crippen molar-refractivity contribution in [3.8, 4) is 0 Å². The standard InChI is InChI=1S/C14H20BrNO3/c1-11(10-19-3)16(6-7-18-2)14-5-4-13(15)8-12(14)9-17/h4-5,8-9,11H,6-7,10H2,1-3H3. The van der Waals surface area contributed by atoms with Crippen LogP contribution in [0.15, 0.2) is 22.7 Å². The maximum absolute atomic E-state index is 11.2. The highest BCUT2D eigenvalue weighted by molar-refractivity contribution is 9.10. The van der Waals surface area contributed by atoms with Gasteiger partial charge in [0.1, 0.15) is 0 Å². The molecule has 5 heteroatoms. The van der Waals surface area contributed by atoms with E-state index in [1.54, 1.807) is 14.2 Å². The summed E-state index contributed by atoms with van der Waals surface area (Å²) in [4.78, 5) is 13.4. The topological polar surface area (TPSA) is 38.8 Å². The molecule has 0 aromatic heterocycles. The lowest BCUT2D eigenvalue weighted by Crippen LogP contribution is -2.39. The van der Waals surface area contributed by atoms with E-state index in [0.29, 0.717) is 25.3 Å². The minimum atomic E-state index is 0.167. The van der Waals surface area contributed by atoms with Gasteiger partial charge in [-0.3, -0.25) is 4.79 Å². The minimum Gasteiger partial charge on any atom is -0.383 e. The van der Waals surface area contributed by atoms with E-state index in [1.807, 2.05) is 18.2 Å². The summed E-state index contributed by atoms with van der Waals surface area (Å²) in [6.45, 7) is 3.97. The van der Waals surface area contributed by atoms with Crippen molar-refractivity contribution in [2.24, 2.45) is 0 Å². The number of methoxy groups -OCH3 is 2. The van der Waals surface area contributed by atoms with E-state index in [0.717, 1.165) is 16.4 Å². The van der Waals surface area contributed by atoms with E-state index in [9.17, 15) is 4.79 Å². The van der Waals surface area contributed by atoms with Crippen LogP contribution < -0.4 is 4.90 Å². The van der Waals surface area contributed by atoms with Crippen LogP contribution >= 0.6 is 15.9 Å². The van der Waals surface area contributed by atoms with Crippen molar-refractivity contribution in [3.05, 3.63) is 28.2 Å². The van der Waals surface area contributed by atoms with Gasteiger partial charge in [-0.25, -0.2) is 0 Å². The number of rotatable bonds is 8. The molecule has 0 saturated heterocycles. The van der Waals surface area contributed by atoms with Gasteiger partial charge in [0.2, 0.25) is 0 Å². The van der Waals surface area contributed by atoms with Gasteiger partial charge in [0.05, 0.1) is 13.2 Å². The molecule has 19 heavy (non-hydrogen) atoms. The number of hydrogen-bond acceptors (Lipinski definition) is 4. The van der Waals surface area contributed by atoms with Crippen molar-refractivity contribution < 1.29 is 14.3 Å². The summed E-state index contributed by atoms with van der Waals surface area (Å²) >= 11 is 3.38. The van der Waals surface area contributed by atoms with Crippen LogP contribution in [0.5, 0.6) is 0 Å². The van der Waals surface area contributed by atoms with Gasteiger partial charge in [-0.15, -0.1) is 0 Å². The number of aldehydes is 1. The van der Waals surface area contributed by atoms with Gasteiger partial charge in [-0.1, -0.05) is 15.9 Å². The number of nitrogens with zero attached hydrogens (tertiary/aromatic N) is 1. The Balaban J connectivity index is 3.04. The summed E-state index contributed by atoms with van der Waals surface area (Å²) in [6.07, 6.45) is 0.874. The summed E-state index contributed by atoms with van der Waals surface area (Å²) < 4.78 is 11.2. The van der Waals surface area contributed by atoms with Crippen LogP contribution in [0, 0.1) is 0 Å². The van der Waals surface area contributed by atoms with E-state index in [4.69, 9.17) is 9.47 Å². The molecular formula is C14H20BrNO3. The van der Waals surface area contributed by atoms with Gasteiger partial charge in [0, 0.05) is 42.5 Å². The largest absolute Gasteiger partial charge is 0.383 e. The van der Waals surface area contributed by atoms with Gasteiger partial charge in [0.25, 0.3) is 0 Å². The molecule has 0 heterocycles. The van der Waals surface area contributed by atoms with Crippen molar-refractivity contribution in [1.29, 1.82) is 0 Å². The van der Waals surface area contributed by atoms with E-state index in [1.165, 1.54) is 0 Å². The number of carbonyl (C=O) groups is 1. The molecule has 0 aliphatic rings. The van der Waals surface area contributed by atoms with E-state index in [2.05, 4.69) is 27.8 Å². The first-order valence-corrected chi connectivity index (χ1v) is 6.92. The number of halogens is 1. The van der Waals surface area contributed by atoms with Crippen molar-refractivity contribution in [2.45, 2.75) is 13.0 Å². The molecular weight excluding hydrogens is 310 g/mol. The summed E-state index contributed by atoms with van der Waals surface area (Å²) in [5.41, 5.74) is 1.56.